The molecule has 1 aliphatic rings. The molecule has 25 heavy (non-hydrogen) atoms. The van der Waals surface area contributed by atoms with Crippen molar-refractivity contribution < 1.29 is 9.59 Å². The van der Waals surface area contributed by atoms with Crippen LogP contribution in [0.4, 0.5) is 0 Å². The lowest BCUT2D eigenvalue weighted by molar-refractivity contribution is -0.128. The zero-order valence-corrected chi connectivity index (χ0v) is 16.9. The van der Waals surface area contributed by atoms with E-state index in [9.17, 15) is 9.59 Å². The largest absolute Gasteiger partial charge is 0.318 e. The number of rotatable bonds is 2. The number of carbonyl (C=O) groups is 2. The van der Waals surface area contributed by atoms with Crippen molar-refractivity contribution in [1.82, 2.24) is 14.8 Å². The van der Waals surface area contributed by atoms with E-state index < -0.39 is 11.8 Å². The number of aromatic nitrogens is 1. The van der Waals surface area contributed by atoms with Gasteiger partial charge in [0.2, 0.25) is 0 Å². The van der Waals surface area contributed by atoms with Crippen LogP contribution in [-0.4, -0.2) is 33.4 Å². The number of hydrogen-bond donors (Lipinski definition) is 1. The monoisotopic (exact) mass is 465 g/mol. The number of halogens is 1. The lowest BCUT2D eigenvalue weighted by Gasteiger charge is -2.25. The fourth-order valence-corrected chi connectivity index (χ4v) is 3.55. The van der Waals surface area contributed by atoms with Crippen LogP contribution in [0.15, 0.2) is 35.9 Å². The fourth-order valence-electron chi connectivity index (χ4n) is 2.85. The molecule has 5 nitrogen and oxygen atoms in total. The van der Waals surface area contributed by atoms with Crippen LogP contribution in [0.25, 0.3) is 11.8 Å². The average molecular weight is 465 g/mol. The number of hydrogen-bond acceptors (Lipinski definition) is 3. The van der Waals surface area contributed by atoms with Gasteiger partial charge in [0.25, 0.3) is 11.8 Å². The SMILES string of the molecule is Cc1cc(/C=C2\C(=O)NC(=S)N(C)C2=O)c(C)n1-c1cccc(I)c1. The first-order chi connectivity index (χ1) is 11.8. The maximum Gasteiger partial charge on any atom is 0.265 e. The van der Waals surface area contributed by atoms with E-state index >= 15 is 0 Å². The topological polar surface area (TPSA) is 54.3 Å². The lowest BCUT2D eigenvalue weighted by atomic mass is 10.1. The van der Waals surface area contributed by atoms with Gasteiger partial charge in [-0.25, -0.2) is 0 Å². The summed E-state index contributed by atoms with van der Waals surface area (Å²) in [5, 5.41) is 2.65. The predicted octanol–water partition coefficient (Wildman–Crippen LogP) is 2.96. The van der Waals surface area contributed by atoms with Gasteiger partial charge >= 0.3 is 0 Å². The molecule has 1 aliphatic heterocycles. The van der Waals surface area contributed by atoms with E-state index in [4.69, 9.17) is 12.2 Å². The number of amides is 2. The van der Waals surface area contributed by atoms with Crippen LogP contribution in [0, 0.1) is 17.4 Å². The highest BCUT2D eigenvalue weighted by atomic mass is 127. The van der Waals surface area contributed by atoms with Crippen LogP contribution >= 0.6 is 34.8 Å². The van der Waals surface area contributed by atoms with Gasteiger partial charge in [-0.05, 0) is 84.6 Å². The Balaban J connectivity index is 2.08. The molecule has 1 aromatic carbocycles. The number of nitrogens with zero attached hydrogens (tertiary/aromatic N) is 2. The zero-order valence-electron chi connectivity index (χ0n) is 14.0. The molecule has 1 N–H and O–H groups in total. The summed E-state index contributed by atoms with van der Waals surface area (Å²) in [4.78, 5) is 25.8. The highest BCUT2D eigenvalue weighted by molar-refractivity contribution is 14.1. The van der Waals surface area contributed by atoms with E-state index in [-0.39, 0.29) is 10.7 Å². The minimum absolute atomic E-state index is 0.0824. The molecular formula is C18H16IN3O2S. The standard InChI is InChI=1S/C18H16IN3O2S/c1-10-7-12(8-15-16(23)20-18(25)21(3)17(15)24)11(2)22(10)14-6-4-5-13(19)9-14/h4-9H,1-3H3,(H,20,23,25)/b15-8+. The van der Waals surface area contributed by atoms with Crippen molar-refractivity contribution >= 4 is 57.8 Å². The van der Waals surface area contributed by atoms with E-state index in [0.29, 0.717) is 0 Å². The highest BCUT2D eigenvalue weighted by Gasteiger charge is 2.31. The molecule has 0 aliphatic carbocycles. The first-order valence-corrected chi connectivity index (χ1v) is 9.08. The van der Waals surface area contributed by atoms with E-state index in [1.54, 1.807) is 13.1 Å². The molecule has 2 amide bonds. The van der Waals surface area contributed by atoms with E-state index in [1.807, 2.05) is 38.1 Å². The van der Waals surface area contributed by atoms with Crippen molar-refractivity contribution in [3.05, 3.63) is 56.4 Å². The quantitative estimate of drug-likeness (QED) is 0.321. The smallest absolute Gasteiger partial charge is 0.265 e. The van der Waals surface area contributed by atoms with Crippen LogP contribution in [0.5, 0.6) is 0 Å². The Morgan fingerprint density at radius 1 is 1.20 bits per heavy atom. The van der Waals surface area contributed by atoms with Crippen molar-refractivity contribution in [2.24, 2.45) is 0 Å². The van der Waals surface area contributed by atoms with Crippen LogP contribution < -0.4 is 5.32 Å². The Kier molecular flexibility index (Phi) is 4.79. The summed E-state index contributed by atoms with van der Waals surface area (Å²) >= 11 is 7.24. The van der Waals surface area contributed by atoms with Gasteiger partial charge < -0.3 is 4.57 Å². The Bertz CT molecular complexity index is 946. The number of carbonyl (C=O) groups excluding carboxylic acids is 2. The van der Waals surface area contributed by atoms with Crippen LogP contribution in [0.2, 0.25) is 0 Å². The molecule has 0 atom stereocenters. The molecule has 3 rings (SSSR count). The van der Waals surface area contributed by atoms with Gasteiger partial charge in [0.15, 0.2) is 5.11 Å². The highest BCUT2D eigenvalue weighted by Crippen LogP contribution is 2.24. The van der Waals surface area contributed by atoms with E-state index in [0.717, 1.165) is 26.2 Å². The molecule has 1 fully saturated rings. The second-order valence-electron chi connectivity index (χ2n) is 5.82. The molecule has 1 saturated heterocycles. The number of nitrogens with one attached hydrogen (secondary N) is 1. The minimum Gasteiger partial charge on any atom is -0.318 e. The Hall–Kier alpha value is -2.00. The molecule has 0 saturated carbocycles. The Labute approximate surface area is 164 Å². The number of benzene rings is 1. The van der Waals surface area contributed by atoms with Gasteiger partial charge in [-0.1, -0.05) is 6.07 Å². The first kappa shape index (κ1) is 17.8. The summed E-state index contributed by atoms with van der Waals surface area (Å²) in [5.74, 6) is -0.861. The third-order valence-electron chi connectivity index (χ3n) is 4.14. The molecule has 0 radical (unpaired) electrons. The minimum atomic E-state index is -0.466. The average Bonchev–Trinajstić information content (AvgIpc) is 2.83. The van der Waals surface area contributed by atoms with E-state index in [1.165, 1.54) is 4.90 Å². The molecule has 0 spiro atoms. The van der Waals surface area contributed by atoms with Crippen molar-refractivity contribution in [3.63, 3.8) is 0 Å². The summed E-state index contributed by atoms with van der Waals surface area (Å²) in [5.41, 5.74) is 3.95. The van der Waals surface area contributed by atoms with Gasteiger partial charge in [-0.3, -0.25) is 19.8 Å². The first-order valence-electron chi connectivity index (χ1n) is 7.59. The van der Waals surface area contributed by atoms with Crippen LogP contribution in [0.1, 0.15) is 17.0 Å². The van der Waals surface area contributed by atoms with Crippen LogP contribution in [-0.2, 0) is 9.59 Å². The van der Waals surface area contributed by atoms with E-state index in [2.05, 4.69) is 38.5 Å². The van der Waals surface area contributed by atoms with Crippen LogP contribution in [0.3, 0.4) is 0 Å². The summed E-state index contributed by atoms with van der Waals surface area (Å²) < 4.78 is 3.24. The third-order valence-corrected chi connectivity index (χ3v) is 5.19. The molecule has 128 valence electrons. The number of aryl methyl sites for hydroxylation is 1. The van der Waals surface area contributed by atoms with Crippen molar-refractivity contribution in [1.29, 1.82) is 0 Å². The third kappa shape index (κ3) is 3.25. The normalized spacial score (nSPS) is 16.6. The zero-order chi connectivity index (χ0) is 18.3. The summed E-state index contributed by atoms with van der Waals surface area (Å²) in [7, 11) is 1.55. The summed E-state index contributed by atoms with van der Waals surface area (Å²) in [6, 6.07) is 10.1. The Morgan fingerprint density at radius 3 is 2.60 bits per heavy atom. The van der Waals surface area contributed by atoms with Gasteiger partial charge in [0.1, 0.15) is 5.57 Å². The predicted molar refractivity (Wildman–Crippen MR) is 109 cm³/mol. The molecule has 0 bridgehead atoms. The molecule has 1 aromatic heterocycles. The van der Waals surface area contributed by atoms with Gasteiger partial charge in [-0.15, -0.1) is 0 Å². The van der Waals surface area contributed by atoms with Gasteiger partial charge in [0.05, 0.1) is 0 Å². The fraction of sp³-hybridized carbons (Fsp3) is 0.167. The maximum absolute atomic E-state index is 12.4. The maximum atomic E-state index is 12.4. The molecule has 2 aromatic rings. The molecule has 7 heteroatoms. The van der Waals surface area contributed by atoms with Crippen molar-refractivity contribution in [2.75, 3.05) is 7.05 Å². The van der Waals surface area contributed by atoms with Crippen molar-refractivity contribution in [3.8, 4) is 5.69 Å². The van der Waals surface area contributed by atoms with Gasteiger partial charge in [-0.2, -0.15) is 0 Å². The Morgan fingerprint density at radius 2 is 1.92 bits per heavy atom. The van der Waals surface area contributed by atoms with Crippen molar-refractivity contribution in [2.45, 2.75) is 13.8 Å². The summed E-state index contributed by atoms with van der Waals surface area (Å²) in [6.07, 6.45) is 1.63. The molecular weight excluding hydrogens is 449 g/mol. The second kappa shape index (κ2) is 6.72. The molecule has 0 unspecified atom stereocenters. The number of likely N-dealkylation sites (N-methyl/N-ethyl adjacent to an activating group) is 1. The summed E-state index contributed by atoms with van der Waals surface area (Å²) in [6.45, 7) is 3.97. The lowest BCUT2D eigenvalue weighted by Crippen LogP contribution is -2.52. The molecule has 2 heterocycles. The second-order valence-corrected chi connectivity index (χ2v) is 7.46. The van der Waals surface area contributed by atoms with Gasteiger partial charge in [0, 0.05) is 27.7 Å². The number of thiocarbonyl (C=S) groups is 1.